The summed E-state index contributed by atoms with van der Waals surface area (Å²) in [5, 5.41) is 5.11. The summed E-state index contributed by atoms with van der Waals surface area (Å²) in [6, 6.07) is 80.5. The molecule has 0 N–H and O–H groups in total. The van der Waals surface area contributed by atoms with Gasteiger partial charge in [-0.1, -0.05) is 178 Å². The molecular weight excluding hydrogens is 811 g/mol. The van der Waals surface area contributed by atoms with Crippen molar-refractivity contribution in [2.24, 2.45) is 0 Å². The molecule has 3 aliphatic carbocycles. The van der Waals surface area contributed by atoms with Gasteiger partial charge in [-0.2, -0.15) is 0 Å². The van der Waals surface area contributed by atoms with Crippen LogP contribution in [0.2, 0.25) is 0 Å². The molecule has 3 heteroatoms. The Hall–Kier alpha value is -8.40. The zero-order valence-electron chi connectivity index (χ0n) is 37.0. The van der Waals surface area contributed by atoms with E-state index in [1.807, 2.05) is 0 Å². The Bertz CT molecular complexity index is 4280. The molecule has 16 rings (SSSR count). The van der Waals surface area contributed by atoms with Crippen molar-refractivity contribution in [1.82, 2.24) is 8.80 Å². The van der Waals surface area contributed by atoms with E-state index in [0.29, 0.717) is 0 Å². The fourth-order valence-electron chi connectivity index (χ4n) is 13.6. The predicted molar refractivity (Wildman–Crippen MR) is 278 cm³/mol. The second-order valence-electron chi connectivity index (χ2n) is 19.6. The topological polar surface area (TPSA) is 12.1 Å². The second-order valence-corrected chi connectivity index (χ2v) is 19.6. The van der Waals surface area contributed by atoms with E-state index in [1.165, 1.54) is 127 Å². The van der Waals surface area contributed by atoms with E-state index < -0.39 is 5.41 Å². The molecular formula is C64H41N3. The molecule has 3 nitrogen and oxygen atoms in total. The van der Waals surface area contributed by atoms with Crippen LogP contribution in [0.1, 0.15) is 47.2 Å². The highest BCUT2D eigenvalue weighted by Gasteiger charge is 2.52. The Morgan fingerprint density at radius 1 is 0.328 bits per heavy atom. The SMILES string of the molecule is CC1(C)c2ccccc2-c2ccc(N(c3ccc4c(c3)n3c5ccccc5c5ccc6c7ccccc7n4c6c53)c3cccc4c3-c3ccccc3C43c4ccccc4-c4ccccc43)cc21. The number of benzene rings is 10. The lowest BCUT2D eigenvalue weighted by Crippen LogP contribution is -2.26. The molecule has 3 aromatic heterocycles. The zero-order valence-corrected chi connectivity index (χ0v) is 37.0. The molecule has 0 fully saturated rings. The van der Waals surface area contributed by atoms with Crippen LogP contribution in [0.3, 0.4) is 0 Å². The minimum absolute atomic E-state index is 0.170. The third-order valence-electron chi connectivity index (χ3n) is 16.2. The number of aromatic nitrogens is 2. The van der Waals surface area contributed by atoms with Crippen molar-refractivity contribution in [2.45, 2.75) is 24.7 Å². The van der Waals surface area contributed by atoms with Crippen molar-refractivity contribution in [3.63, 3.8) is 0 Å². The first-order chi connectivity index (χ1) is 33.0. The van der Waals surface area contributed by atoms with Crippen molar-refractivity contribution in [1.29, 1.82) is 0 Å². The van der Waals surface area contributed by atoms with Gasteiger partial charge in [-0.25, -0.2) is 0 Å². The van der Waals surface area contributed by atoms with Crippen LogP contribution < -0.4 is 4.90 Å². The van der Waals surface area contributed by atoms with Gasteiger partial charge in [0, 0.05) is 43.9 Å². The Kier molecular flexibility index (Phi) is 6.58. The lowest BCUT2D eigenvalue weighted by atomic mass is 9.70. The Morgan fingerprint density at radius 2 is 0.806 bits per heavy atom. The molecule has 3 aliphatic rings. The monoisotopic (exact) mass is 851 g/mol. The third kappa shape index (κ3) is 4.17. The Morgan fingerprint density at radius 3 is 1.46 bits per heavy atom. The number of hydrogen-bond acceptors (Lipinski definition) is 1. The third-order valence-corrected chi connectivity index (χ3v) is 16.2. The first-order valence-electron chi connectivity index (χ1n) is 23.6. The predicted octanol–water partition coefficient (Wildman–Crippen LogP) is 16.4. The first-order valence-corrected chi connectivity index (χ1v) is 23.6. The quantitative estimate of drug-likeness (QED) is 0.161. The van der Waals surface area contributed by atoms with E-state index in [2.05, 4.69) is 240 Å². The molecule has 1 spiro atoms. The van der Waals surface area contributed by atoms with Crippen LogP contribution in [0.15, 0.2) is 212 Å². The molecule has 10 aromatic carbocycles. The van der Waals surface area contributed by atoms with Crippen LogP contribution in [0.25, 0.3) is 88.0 Å². The molecule has 3 heterocycles. The van der Waals surface area contributed by atoms with Gasteiger partial charge in [-0.05, 0) is 110 Å². The number of rotatable bonds is 3. The lowest BCUT2D eigenvalue weighted by molar-refractivity contribution is 0.660. The van der Waals surface area contributed by atoms with Gasteiger partial charge in [0.15, 0.2) is 0 Å². The van der Waals surface area contributed by atoms with Crippen molar-refractivity contribution in [3.05, 3.63) is 246 Å². The van der Waals surface area contributed by atoms with Crippen LogP contribution in [-0.2, 0) is 10.8 Å². The standard InChI is InChI=1S/C64H41N3/c1-63(2)49-22-9-3-16-40(49)43-32-30-38(36-54(43)63)65(58-29-15-26-53-60(58)48-21-6-12-25-52(48)64(53)50-23-10-4-17-41(50)42-18-5-11-24-51(42)64)39-31-35-57-59(37-39)67-56-28-14-8-20-45(56)47-34-33-46-44-19-7-13-27-55(44)66(57)61(46)62(47)67/h3-37H,1-2H3. The molecule has 0 amide bonds. The van der Waals surface area contributed by atoms with Gasteiger partial charge >= 0.3 is 0 Å². The fourth-order valence-corrected chi connectivity index (χ4v) is 13.6. The summed E-state index contributed by atoms with van der Waals surface area (Å²) in [4.78, 5) is 2.58. The molecule has 0 saturated heterocycles. The molecule has 13 aromatic rings. The number of hydrogen-bond donors (Lipinski definition) is 0. The number of anilines is 3. The summed E-state index contributed by atoms with van der Waals surface area (Å²) in [7, 11) is 0. The summed E-state index contributed by atoms with van der Waals surface area (Å²) in [6.45, 7) is 4.78. The molecule has 0 radical (unpaired) electrons. The summed E-state index contributed by atoms with van der Waals surface area (Å²) in [5.74, 6) is 0. The van der Waals surface area contributed by atoms with Gasteiger partial charge in [0.25, 0.3) is 0 Å². The van der Waals surface area contributed by atoms with E-state index in [9.17, 15) is 0 Å². The summed E-state index contributed by atoms with van der Waals surface area (Å²) >= 11 is 0. The van der Waals surface area contributed by atoms with Crippen molar-refractivity contribution >= 4 is 71.7 Å². The number of fused-ring (bicyclic) bond motifs is 22. The van der Waals surface area contributed by atoms with Crippen molar-refractivity contribution in [2.75, 3.05) is 4.90 Å². The zero-order chi connectivity index (χ0) is 43.9. The fraction of sp³-hybridized carbons (Fsp3) is 0.0625. The Labute approximate surface area is 387 Å². The molecule has 0 aliphatic heterocycles. The van der Waals surface area contributed by atoms with Gasteiger partial charge in [0.1, 0.15) is 0 Å². The maximum Gasteiger partial charge on any atom is 0.0789 e. The molecule has 0 atom stereocenters. The van der Waals surface area contributed by atoms with E-state index in [-0.39, 0.29) is 5.41 Å². The number of nitrogens with zero attached hydrogens (tertiary/aromatic N) is 3. The highest BCUT2D eigenvalue weighted by Crippen LogP contribution is 2.65. The van der Waals surface area contributed by atoms with E-state index in [4.69, 9.17) is 0 Å². The molecule has 312 valence electrons. The van der Waals surface area contributed by atoms with Gasteiger partial charge in [0.2, 0.25) is 0 Å². The van der Waals surface area contributed by atoms with E-state index >= 15 is 0 Å². The highest BCUT2D eigenvalue weighted by molar-refractivity contribution is 6.25. The van der Waals surface area contributed by atoms with Crippen LogP contribution in [0.5, 0.6) is 0 Å². The van der Waals surface area contributed by atoms with Crippen molar-refractivity contribution < 1.29 is 0 Å². The maximum atomic E-state index is 2.58. The van der Waals surface area contributed by atoms with E-state index in [1.54, 1.807) is 0 Å². The van der Waals surface area contributed by atoms with Crippen molar-refractivity contribution in [3.8, 4) is 33.4 Å². The average Bonchev–Trinajstić information content (AvgIpc) is 4.13. The van der Waals surface area contributed by atoms with Gasteiger partial charge in [0.05, 0.1) is 44.2 Å². The Balaban J connectivity index is 1.04. The van der Waals surface area contributed by atoms with Gasteiger partial charge in [-0.15, -0.1) is 0 Å². The van der Waals surface area contributed by atoms with Crippen LogP contribution in [-0.4, -0.2) is 8.80 Å². The van der Waals surface area contributed by atoms with E-state index in [0.717, 1.165) is 11.4 Å². The molecule has 0 unspecified atom stereocenters. The lowest BCUT2D eigenvalue weighted by Gasteiger charge is -2.32. The summed E-state index contributed by atoms with van der Waals surface area (Å²) in [5.41, 5.74) is 26.1. The van der Waals surface area contributed by atoms with Crippen LogP contribution in [0.4, 0.5) is 17.1 Å². The minimum atomic E-state index is -0.460. The first kappa shape index (κ1) is 35.9. The van der Waals surface area contributed by atoms with Crippen LogP contribution in [0, 0.1) is 0 Å². The number of para-hydroxylation sites is 2. The molecule has 0 bridgehead atoms. The normalized spacial score (nSPS) is 14.7. The smallest absolute Gasteiger partial charge is 0.0789 e. The maximum absolute atomic E-state index is 2.58. The second kappa shape index (κ2) is 12.3. The summed E-state index contributed by atoms with van der Waals surface area (Å²) in [6.07, 6.45) is 0. The van der Waals surface area contributed by atoms with Gasteiger partial charge in [-0.3, -0.25) is 0 Å². The molecule has 67 heavy (non-hydrogen) atoms. The largest absolute Gasteiger partial charge is 0.310 e. The highest BCUT2D eigenvalue weighted by atomic mass is 15.1. The van der Waals surface area contributed by atoms with Crippen LogP contribution >= 0.6 is 0 Å². The summed E-state index contributed by atoms with van der Waals surface area (Å²) < 4.78 is 5.08. The minimum Gasteiger partial charge on any atom is -0.310 e. The van der Waals surface area contributed by atoms with Gasteiger partial charge < -0.3 is 13.7 Å². The molecule has 0 saturated carbocycles. The average molecular weight is 852 g/mol.